The fourth-order valence-corrected chi connectivity index (χ4v) is 3.81. The molecular weight excluding hydrogens is 322 g/mol. The third kappa shape index (κ3) is 3.35. The van der Waals surface area contributed by atoms with E-state index >= 15 is 0 Å². The first-order chi connectivity index (χ1) is 12.1. The van der Waals surface area contributed by atoms with Crippen LogP contribution in [0.2, 0.25) is 0 Å². The van der Waals surface area contributed by atoms with Crippen LogP contribution in [-0.4, -0.2) is 45.2 Å². The number of methoxy groups -OCH3 is 2. The first-order valence-electron chi connectivity index (χ1n) is 8.75. The molecule has 1 aromatic carbocycles. The quantitative estimate of drug-likeness (QED) is 0.855. The monoisotopic (exact) mass is 347 g/mol. The van der Waals surface area contributed by atoms with E-state index in [0.29, 0.717) is 30.1 Å². The number of para-hydroxylation sites is 1. The maximum Gasteiger partial charge on any atom is 0.227 e. The third-order valence-corrected chi connectivity index (χ3v) is 5.31. The molecule has 1 aliphatic carbocycles. The molecule has 3 rings (SSSR count). The SMILES string of the molecule is COCCC1(C(=O)NC2COc3c(OC)cccc3C2=O)CCCC1. The number of Topliss-reactive ketones (excluding diaryl/α,β-unsaturated/α-hetero) is 1. The van der Waals surface area contributed by atoms with Gasteiger partial charge in [0.1, 0.15) is 12.6 Å². The van der Waals surface area contributed by atoms with E-state index in [1.807, 2.05) is 0 Å². The van der Waals surface area contributed by atoms with E-state index in [1.165, 1.54) is 7.11 Å². The van der Waals surface area contributed by atoms with Crippen molar-refractivity contribution in [3.05, 3.63) is 23.8 Å². The minimum atomic E-state index is -0.660. The van der Waals surface area contributed by atoms with Crippen molar-refractivity contribution in [2.45, 2.75) is 38.1 Å². The molecule has 1 atom stereocenters. The summed E-state index contributed by atoms with van der Waals surface area (Å²) in [6.45, 7) is 0.668. The number of fused-ring (bicyclic) bond motifs is 1. The first-order valence-corrected chi connectivity index (χ1v) is 8.75. The van der Waals surface area contributed by atoms with Crippen molar-refractivity contribution in [2.24, 2.45) is 5.41 Å². The number of hydrogen-bond acceptors (Lipinski definition) is 5. The van der Waals surface area contributed by atoms with Crippen LogP contribution in [0.4, 0.5) is 0 Å². The third-order valence-electron chi connectivity index (χ3n) is 5.31. The Morgan fingerprint density at radius 2 is 2.08 bits per heavy atom. The molecule has 1 aromatic rings. The van der Waals surface area contributed by atoms with Crippen LogP contribution in [0.15, 0.2) is 18.2 Å². The summed E-state index contributed by atoms with van der Waals surface area (Å²) in [4.78, 5) is 25.7. The van der Waals surface area contributed by atoms with Gasteiger partial charge in [-0.2, -0.15) is 0 Å². The molecule has 1 fully saturated rings. The van der Waals surface area contributed by atoms with Crippen molar-refractivity contribution in [2.75, 3.05) is 27.4 Å². The summed E-state index contributed by atoms with van der Waals surface area (Å²) in [7, 11) is 3.18. The number of rotatable bonds is 6. The van der Waals surface area contributed by atoms with E-state index < -0.39 is 11.5 Å². The number of ether oxygens (including phenoxy) is 3. The van der Waals surface area contributed by atoms with E-state index in [9.17, 15) is 9.59 Å². The van der Waals surface area contributed by atoms with Gasteiger partial charge < -0.3 is 19.5 Å². The standard InChI is InChI=1S/C19H25NO5/c1-23-11-10-19(8-3-4-9-19)18(22)20-14-12-25-17-13(16(14)21)6-5-7-15(17)24-2/h5-7,14H,3-4,8-12H2,1-2H3,(H,20,22). The van der Waals surface area contributed by atoms with E-state index in [2.05, 4.69) is 5.32 Å². The van der Waals surface area contributed by atoms with Gasteiger partial charge in [-0.05, 0) is 31.4 Å². The van der Waals surface area contributed by atoms with Crippen LogP contribution in [0.1, 0.15) is 42.5 Å². The van der Waals surface area contributed by atoms with Crippen LogP contribution in [0, 0.1) is 5.41 Å². The molecule has 0 aromatic heterocycles. The predicted octanol–water partition coefficient (Wildman–Crippen LogP) is 2.35. The molecule has 0 saturated heterocycles. The summed E-state index contributed by atoms with van der Waals surface area (Å²) in [6.07, 6.45) is 4.43. The molecule has 0 spiro atoms. The second kappa shape index (κ2) is 7.44. The van der Waals surface area contributed by atoms with Crippen LogP contribution in [0.3, 0.4) is 0 Å². The highest BCUT2D eigenvalue weighted by molar-refractivity contribution is 6.06. The summed E-state index contributed by atoms with van der Waals surface area (Å²) >= 11 is 0. The smallest absolute Gasteiger partial charge is 0.227 e. The van der Waals surface area contributed by atoms with Crippen LogP contribution in [-0.2, 0) is 9.53 Å². The molecule has 1 unspecified atom stereocenters. The van der Waals surface area contributed by atoms with Gasteiger partial charge in [-0.1, -0.05) is 18.9 Å². The van der Waals surface area contributed by atoms with E-state index in [4.69, 9.17) is 14.2 Å². The normalized spacial score (nSPS) is 21.4. The van der Waals surface area contributed by atoms with Crippen molar-refractivity contribution < 1.29 is 23.8 Å². The Kier molecular flexibility index (Phi) is 5.27. The number of carbonyl (C=O) groups excluding carboxylic acids is 2. The summed E-state index contributed by atoms with van der Waals surface area (Å²) in [5.41, 5.74) is 0.0264. The average Bonchev–Trinajstić information content (AvgIpc) is 3.12. The molecule has 1 heterocycles. The number of nitrogens with one attached hydrogen (secondary N) is 1. The zero-order valence-corrected chi connectivity index (χ0v) is 14.8. The van der Waals surface area contributed by atoms with Crippen LogP contribution < -0.4 is 14.8 Å². The van der Waals surface area contributed by atoms with Gasteiger partial charge in [0.05, 0.1) is 18.1 Å². The highest BCUT2D eigenvalue weighted by Gasteiger charge is 2.43. The maximum absolute atomic E-state index is 12.9. The lowest BCUT2D eigenvalue weighted by Gasteiger charge is -2.31. The Labute approximate surface area is 147 Å². The van der Waals surface area contributed by atoms with Crippen molar-refractivity contribution in [3.63, 3.8) is 0 Å². The highest BCUT2D eigenvalue weighted by atomic mass is 16.5. The Hall–Kier alpha value is -2.08. The van der Waals surface area contributed by atoms with Gasteiger partial charge in [0, 0.05) is 13.7 Å². The summed E-state index contributed by atoms with van der Waals surface area (Å²) in [5, 5.41) is 2.93. The van der Waals surface area contributed by atoms with Gasteiger partial charge in [0.25, 0.3) is 0 Å². The van der Waals surface area contributed by atoms with Gasteiger partial charge in [-0.3, -0.25) is 9.59 Å². The average molecular weight is 347 g/mol. The Morgan fingerprint density at radius 3 is 2.76 bits per heavy atom. The second-order valence-electron chi connectivity index (χ2n) is 6.77. The second-order valence-corrected chi connectivity index (χ2v) is 6.77. The fourth-order valence-electron chi connectivity index (χ4n) is 3.81. The number of benzene rings is 1. The van der Waals surface area contributed by atoms with Crippen molar-refractivity contribution >= 4 is 11.7 Å². The van der Waals surface area contributed by atoms with E-state index in [-0.39, 0.29) is 18.3 Å². The highest BCUT2D eigenvalue weighted by Crippen LogP contribution is 2.42. The zero-order chi connectivity index (χ0) is 17.9. The van der Waals surface area contributed by atoms with Gasteiger partial charge in [-0.25, -0.2) is 0 Å². The van der Waals surface area contributed by atoms with E-state index in [0.717, 1.165) is 25.7 Å². The molecule has 1 amide bonds. The molecule has 0 bridgehead atoms. The maximum atomic E-state index is 12.9. The van der Waals surface area contributed by atoms with Crippen LogP contribution in [0.5, 0.6) is 11.5 Å². The van der Waals surface area contributed by atoms with Crippen LogP contribution in [0.25, 0.3) is 0 Å². The molecule has 1 N–H and O–H groups in total. The number of ketones is 1. The summed E-state index contributed by atoms with van der Waals surface area (Å²) < 4.78 is 16.1. The largest absolute Gasteiger partial charge is 0.493 e. The molecule has 25 heavy (non-hydrogen) atoms. The molecule has 136 valence electrons. The number of hydrogen-bond donors (Lipinski definition) is 1. The molecule has 2 aliphatic rings. The van der Waals surface area contributed by atoms with Crippen molar-refractivity contribution in [3.8, 4) is 11.5 Å². The number of carbonyl (C=O) groups is 2. The Bertz CT molecular complexity index is 651. The lowest BCUT2D eigenvalue weighted by atomic mass is 9.81. The molecule has 6 nitrogen and oxygen atoms in total. The molecule has 1 aliphatic heterocycles. The first kappa shape index (κ1) is 17.7. The lowest BCUT2D eigenvalue weighted by Crippen LogP contribution is -2.52. The van der Waals surface area contributed by atoms with Gasteiger partial charge in [0.2, 0.25) is 5.91 Å². The lowest BCUT2D eigenvalue weighted by molar-refractivity contribution is -0.132. The fraction of sp³-hybridized carbons (Fsp3) is 0.579. The van der Waals surface area contributed by atoms with E-state index in [1.54, 1.807) is 25.3 Å². The topological polar surface area (TPSA) is 73.9 Å². The minimum absolute atomic E-state index is 0.0599. The molecule has 6 heteroatoms. The van der Waals surface area contributed by atoms with Crippen molar-refractivity contribution in [1.29, 1.82) is 0 Å². The molecular formula is C19H25NO5. The molecule has 0 radical (unpaired) electrons. The van der Waals surface area contributed by atoms with Crippen LogP contribution >= 0.6 is 0 Å². The summed E-state index contributed by atoms with van der Waals surface area (Å²) in [5.74, 6) is 0.794. The number of amides is 1. The zero-order valence-electron chi connectivity index (χ0n) is 14.8. The Morgan fingerprint density at radius 1 is 1.32 bits per heavy atom. The van der Waals surface area contributed by atoms with Crippen molar-refractivity contribution in [1.82, 2.24) is 5.32 Å². The van der Waals surface area contributed by atoms with Gasteiger partial charge in [0.15, 0.2) is 17.3 Å². The predicted molar refractivity (Wildman–Crippen MR) is 92.1 cm³/mol. The molecule has 1 saturated carbocycles. The van der Waals surface area contributed by atoms with Gasteiger partial charge >= 0.3 is 0 Å². The van der Waals surface area contributed by atoms with Gasteiger partial charge in [-0.15, -0.1) is 0 Å². The summed E-state index contributed by atoms with van der Waals surface area (Å²) in [6, 6.07) is 4.55. The Balaban J connectivity index is 1.75. The minimum Gasteiger partial charge on any atom is -0.493 e.